The molecule has 5 rings (SSSR count). The van der Waals surface area contributed by atoms with E-state index >= 15 is 0 Å². The van der Waals surface area contributed by atoms with Crippen LogP contribution in [0.15, 0.2) is 83.7 Å². The number of nitrogens with zero attached hydrogens (tertiary/aromatic N) is 3. The summed E-state index contributed by atoms with van der Waals surface area (Å²) in [4.78, 5) is 22.1. The van der Waals surface area contributed by atoms with E-state index in [1.807, 2.05) is 49.4 Å². The number of pyridine rings is 2. The van der Waals surface area contributed by atoms with E-state index < -0.39 is 5.97 Å². The zero-order valence-electron chi connectivity index (χ0n) is 18.4. The third-order valence-corrected chi connectivity index (χ3v) is 6.31. The predicted molar refractivity (Wildman–Crippen MR) is 131 cm³/mol. The quantitative estimate of drug-likeness (QED) is 0.384. The number of rotatable bonds is 6. The molecular formula is C26H22N4O3S. The fourth-order valence-electron chi connectivity index (χ4n) is 4.30. The molecule has 0 radical (unpaired) electrons. The summed E-state index contributed by atoms with van der Waals surface area (Å²) in [6.07, 6.45) is 5.30. The molecule has 0 amide bonds. The van der Waals surface area contributed by atoms with E-state index in [1.165, 1.54) is 0 Å². The van der Waals surface area contributed by atoms with Gasteiger partial charge in [-0.1, -0.05) is 12.1 Å². The topological polar surface area (TPSA) is 91.5 Å². The minimum absolute atomic E-state index is 0.190. The second-order valence-electron chi connectivity index (χ2n) is 8.15. The van der Waals surface area contributed by atoms with Crippen LogP contribution in [0.3, 0.4) is 0 Å². The van der Waals surface area contributed by atoms with Crippen LogP contribution in [0.2, 0.25) is 0 Å². The van der Waals surface area contributed by atoms with Gasteiger partial charge in [-0.25, -0.2) is 4.79 Å². The molecule has 0 spiro atoms. The van der Waals surface area contributed by atoms with Gasteiger partial charge >= 0.3 is 5.97 Å². The fraction of sp³-hybridized carbons (Fsp3) is 0.154. The van der Waals surface area contributed by atoms with Crippen molar-refractivity contribution in [2.75, 3.05) is 0 Å². The Hall–Kier alpha value is -4.04. The average molecular weight is 471 g/mol. The van der Waals surface area contributed by atoms with Crippen molar-refractivity contribution in [2.24, 2.45) is 0 Å². The highest BCUT2D eigenvalue weighted by atomic mass is 32.1. The standard InChI is InChI=1S/C26H22N4O3S/c1-16-14-18(25(31)32)5-6-19(16)21-7-8-22(33-21)24-23(20-4-2-3-11-28-20)29-26(34)30(24)15-17-9-12-27-13-10-17/h2-14,23-24H,15H2,1H3,(H,29,34)(H,31,32)/t23-,24-/m1/s1. The molecule has 4 aromatic rings. The molecule has 3 aromatic heterocycles. The van der Waals surface area contributed by atoms with Gasteiger partial charge in [-0.3, -0.25) is 9.97 Å². The maximum atomic E-state index is 11.3. The summed E-state index contributed by atoms with van der Waals surface area (Å²) in [6, 6.07) is 18.2. The van der Waals surface area contributed by atoms with Crippen molar-refractivity contribution in [1.82, 2.24) is 20.2 Å². The number of furan rings is 1. The molecule has 34 heavy (non-hydrogen) atoms. The third-order valence-electron chi connectivity index (χ3n) is 5.96. The number of aryl methyl sites for hydroxylation is 1. The predicted octanol–water partition coefficient (Wildman–Crippen LogP) is 4.92. The van der Waals surface area contributed by atoms with Crippen molar-refractivity contribution in [1.29, 1.82) is 0 Å². The molecule has 2 atom stereocenters. The molecule has 0 saturated carbocycles. The SMILES string of the molecule is Cc1cc(C(=O)O)ccc1-c1ccc([C@@H]2[C@@H](c3ccccn3)NC(=S)N2Cc2ccncc2)o1. The minimum Gasteiger partial charge on any atom is -0.478 e. The molecule has 1 aromatic carbocycles. The summed E-state index contributed by atoms with van der Waals surface area (Å²) >= 11 is 5.73. The van der Waals surface area contributed by atoms with Gasteiger partial charge in [0.1, 0.15) is 17.6 Å². The molecule has 4 heterocycles. The van der Waals surface area contributed by atoms with Crippen molar-refractivity contribution in [3.63, 3.8) is 0 Å². The first kappa shape index (κ1) is 21.8. The van der Waals surface area contributed by atoms with Gasteiger partial charge in [0.25, 0.3) is 0 Å². The van der Waals surface area contributed by atoms with Gasteiger partial charge in [-0.2, -0.15) is 0 Å². The zero-order chi connectivity index (χ0) is 23.7. The molecule has 170 valence electrons. The van der Waals surface area contributed by atoms with E-state index in [1.54, 1.807) is 36.8 Å². The van der Waals surface area contributed by atoms with Crippen LogP contribution in [0.1, 0.15) is 45.0 Å². The molecule has 1 saturated heterocycles. The number of carbonyl (C=O) groups is 1. The Bertz CT molecular complexity index is 1340. The van der Waals surface area contributed by atoms with E-state index in [0.29, 0.717) is 17.4 Å². The second kappa shape index (κ2) is 9.07. The maximum absolute atomic E-state index is 11.3. The number of carboxylic acid groups (broad SMARTS) is 1. The summed E-state index contributed by atoms with van der Waals surface area (Å²) in [6.45, 7) is 2.47. The van der Waals surface area contributed by atoms with Crippen LogP contribution in [0.4, 0.5) is 0 Å². The van der Waals surface area contributed by atoms with E-state index in [0.717, 1.165) is 28.1 Å². The Morgan fingerprint density at radius 3 is 2.65 bits per heavy atom. The Morgan fingerprint density at radius 2 is 1.94 bits per heavy atom. The van der Waals surface area contributed by atoms with Crippen LogP contribution in [0.25, 0.3) is 11.3 Å². The lowest BCUT2D eigenvalue weighted by Gasteiger charge is -2.26. The van der Waals surface area contributed by atoms with Crippen LogP contribution < -0.4 is 5.32 Å². The number of hydrogen-bond acceptors (Lipinski definition) is 5. The summed E-state index contributed by atoms with van der Waals surface area (Å²) in [5.41, 5.74) is 3.87. The highest BCUT2D eigenvalue weighted by molar-refractivity contribution is 7.80. The van der Waals surface area contributed by atoms with Crippen molar-refractivity contribution in [2.45, 2.75) is 25.6 Å². The number of thiocarbonyl (C=S) groups is 1. The lowest BCUT2D eigenvalue weighted by Crippen LogP contribution is -2.29. The smallest absolute Gasteiger partial charge is 0.335 e. The van der Waals surface area contributed by atoms with Crippen LogP contribution in [0, 0.1) is 6.92 Å². The van der Waals surface area contributed by atoms with Crippen molar-refractivity contribution in [3.8, 4) is 11.3 Å². The van der Waals surface area contributed by atoms with Crippen molar-refractivity contribution >= 4 is 23.3 Å². The summed E-state index contributed by atoms with van der Waals surface area (Å²) in [5.74, 6) is 0.463. The van der Waals surface area contributed by atoms with E-state index in [-0.39, 0.29) is 17.6 Å². The Kier molecular flexibility index (Phi) is 5.81. The molecule has 0 unspecified atom stereocenters. The average Bonchev–Trinajstić information content (AvgIpc) is 3.45. The van der Waals surface area contributed by atoms with Crippen LogP contribution in [-0.2, 0) is 6.54 Å². The number of aromatic nitrogens is 2. The summed E-state index contributed by atoms with van der Waals surface area (Å²) in [7, 11) is 0. The van der Waals surface area contributed by atoms with Crippen molar-refractivity contribution in [3.05, 3.63) is 107 Å². The van der Waals surface area contributed by atoms with Gasteiger partial charge in [0, 0.05) is 30.7 Å². The first-order valence-electron chi connectivity index (χ1n) is 10.8. The number of benzene rings is 1. The molecule has 1 aliphatic heterocycles. The monoisotopic (exact) mass is 470 g/mol. The van der Waals surface area contributed by atoms with Gasteiger partial charge in [-0.15, -0.1) is 0 Å². The Morgan fingerprint density at radius 1 is 1.12 bits per heavy atom. The Balaban J connectivity index is 1.53. The van der Waals surface area contributed by atoms with Gasteiger partial charge in [0.05, 0.1) is 17.3 Å². The fourth-order valence-corrected chi connectivity index (χ4v) is 4.60. The zero-order valence-corrected chi connectivity index (χ0v) is 19.2. The first-order chi connectivity index (χ1) is 16.5. The Labute approximate surface area is 202 Å². The van der Waals surface area contributed by atoms with Crippen LogP contribution in [-0.4, -0.2) is 31.1 Å². The van der Waals surface area contributed by atoms with E-state index in [9.17, 15) is 9.90 Å². The molecule has 1 aliphatic rings. The summed E-state index contributed by atoms with van der Waals surface area (Å²) in [5, 5.41) is 13.3. The molecule has 2 N–H and O–H groups in total. The normalized spacial score (nSPS) is 17.6. The third kappa shape index (κ3) is 4.15. The minimum atomic E-state index is -0.953. The highest BCUT2D eigenvalue weighted by Gasteiger charge is 2.41. The highest BCUT2D eigenvalue weighted by Crippen LogP contribution is 2.41. The van der Waals surface area contributed by atoms with Crippen LogP contribution in [0.5, 0.6) is 0 Å². The van der Waals surface area contributed by atoms with Gasteiger partial charge in [-0.05, 0) is 78.8 Å². The van der Waals surface area contributed by atoms with Crippen LogP contribution >= 0.6 is 12.2 Å². The van der Waals surface area contributed by atoms with Crippen molar-refractivity contribution < 1.29 is 14.3 Å². The maximum Gasteiger partial charge on any atom is 0.335 e. The number of hydrogen-bond donors (Lipinski definition) is 2. The lowest BCUT2D eigenvalue weighted by atomic mass is 10.0. The van der Waals surface area contributed by atoms with Gasteiger partial charge < -0.3 is 19.7 Å². The number of nitrogens with one attached hydrogen (secondary N) is 1. The largest absolute Gasteiger partial charge is 0.478 e. The molecule has 0 bridgehead atoms. The second-order valence-corrected chi connectivity index (χ2v) is 8.53. The van der Waals surface area contributed by atoms with E-state index in [2.05, 4.69) is 20.2 Å². The molecular weight excluding hydrogens is 448 g/mol. The molecule has 8 heteroatoms. The van der Waals surface area contributed by atoms with Gasteiger partial charge in [0.15, 0.2) is 5.11 Å². The number of aromatic carboxylic acids is 1. The summed E-state index contributed by atoms with van der Waals surface area (Å²) < 4.78 is 6.37. The molecule has 0 aliphatic carbocycles. The molecule has 7 nitrogen and oxygen atoms in total. The number of carboxylic acids is 1. The van der Waals surface area contributed by atoms with E-state index in [4.69, 9.17) is 16.6 Å². The van der Waals surface area contributed by atoms with Gasteiger partial charge in [0.2, 0.25) is 0 Å². The molecule has 1 fully saturated rings. The first-order valence-corrected chi connectivity index (χ1v) is 11.2. The lowest BCUT2D eigenvalue weighted by molar-refractivity contribution is 0.0697.